The van der Waals surface area contributed by atoms with Crippen LogP contribution in [0.1, 0.15) is 66.8 Å². The van der Waals surface area contributed by atoms with Gasteiger partial charge in [0.1, 0.15) is 0 Å². The summed E-state index contributed by atoms with van der Waals surface area (Å²) in [6.07, 6.45) is 2.11. The number of likely N-dealkylation sites (tertiary alicyclic amines) is 1. The van der Waals surface area contributed by atoms with E-state index in [2.05, 4.69) is 38.3 Å². The smallest absolute Gasteiger partial charge is 0.257 e. The normalized spacial score (nSPS) is 14.8. The van der Waals surface area contributed by atoms with Gasteiger partial charge in [-0.25, -0.2) is 0 Å². The molecule has 164 valence electrons. The van der Waals surface area contributed by atoms with E-state index >= 15 is 0 Å². The minimum absolute atomic E-state index is 0.0336. The Labute approximate surface area is 190 Å². The van der Waals surface area contributed by atoms with Gasteiger partial charge in [0.15, 0.2) is 5.11 Å². The highest BCUT2D eigenvalue weighted by Crippen LogP contribution is 2.22. The SMILES string of the molecule is CC1CCN(C(=O)c2ccc(NC(=S)NC(=O)c3ccc(C(C)(C)C)cc3)cc2)CC1. The summed E-state index contributed by atoms with van der Waals surface area (Å²) in [5.41, 5.74) is 3.13. The van der Waals surface area contributed by atoms with E-state index in [0.717, 1.165) is 31.6 Å². The summed E-state index contributed by atoms with van der Waals surface area (Å²) in [5, 5.41) is 5.92. The van der Waals surface area contributed by atoms with Crippen LogP contribution in [0.25, 0.3) is 0 Å². The van der Waals surface area contributed by atoms with E-state index in [1.54, 1.807) is 36.4 Å². The molecule has 0 spiro atoms. The van der Waals surface area contributed by atoms with Crippen LogP contribution < -0.4 is 10.6 Å². The number of carbonyl (C=O) groups is 2. The van der Waals surface area contributed by atoms with Crippen LogP contribution in [0.5, 0.6) is 0 Å². The molecule has 1 aliphatic heterocycles. The Bertz CT molecular complexity index is 938. The van der Waals surface area contributed by atoms with E-state index < -0.39 is 0 Å². The third-order valence-corrected chi connectivity index (χ3v) is 5.90. The van der Waals surface area contributed by atoms with E-state index in [4.69, 9.17) is 12.2 Å². The molecule has 0 bridgehead atoms. The number of anilines is 1. The fourth-order valence-electron chi connectivity index (χ4n) is 3.55. The van der Waals surface area contributed by atoms with Crippen molar-refractivity contribution in [3.05, 3.63) is 65.2 Å². The molecule has 0 aliphatic carbocycles. The van der Waals surface area contributed by atoms with Crippen molar-refractivity contribution in [2.24, 2.45) is 5.92 Å². The minimum atomic E-state index is -0.260. The van der Waals surface area contributed by atoms with Crippen LogP contribution in [0.3, 0.4) is 0 Å². The van der Waals surface area contributed by atoms with E-state index in [1.165, 1.54) is 5.56 Å². The predicted octanol–water partition coefficient (Wildman–Crippen LogP) is 4.98. The fraction of sp³-hybridized carbons (Fsp3) is 0.400. The molecule has 1 aliphatic rings. The molecule has 2 aromatic carbocycles. The molecule has 0 aromatic heterocycles. The summed E-state index contributed by atoms with van der Waals surface area (Å²) in [6.45, 7) is 10.2. The lowest BCUT2D eigenvalue weighted by atomic mass is 9.87. The van der Waals surface area contributed by atoms with Gasteiger partial charge in [-0.1, -0.05) is 39.8 Å². The number of nitrogens with one attached hydrogen (secondary N) is 2. The van der Waals surface area contributed by atoms with Gasteiger partial charge in [-0.2, -0.15) is 0 Å². The number of piperidine rings is 1. The highest BCUT2D eigenvalue weighted by molar-refractivity contribution is 7.80. The fourth-order valence-corrected chi connectivity index (χ4v) is 3.76. The van der Waals surface area contributed by atoms with Gasteiger partial charge < -0.3 is 10.2 Å². The summed E-state index contributed by atoms with van der Waals surface area (Å²) in [5.74, 6) is 0.486. The van der Waals surface area contributed by atoms with Crippen molar-refractivity contribution in [3.63, 3.8) is 0 Å². The molecular formula is C25H31N3O2S. The lowest BCUT2D eigenvalue weighted by Crippen LogP contribution is -2.37. The number of amides is 2. The zero-order chi connectivity index (χ0) is 22.6. The summed E-state index contributed by atoms with van der Waals surface area (Å²) >= 11 is 5.28. The Morgan fingerprint density at radius 3 is 2.03 bits per heavy atom. The Kier molecular flexibility index (Phi) is 7.11. The van der Waals surface area contributed by atoms with Crippen molar-refractivity contribution in [1.82, 2.24) is 10.2 Å². The third kappa shape index (κ3) is 6.14. The monoisotopic (exact) mass is 437 g/mol. The summed E-state index contributed by atoms with van der Waals surface area (Å²) in [6, 6.07) is 14.7. The van der Waals surface area contributed by atoms with Crippen LogP contribution in [0.15, 0.2) is 48.5 Å². The molecule has 0 unspecified atom stereocenters. The van der Waals surface area contributed by atoms with Crippen LogP contribution in [-0.2, 0) is 5.41 Å². The van der Waals surface area contributed by atoms with E-state index in [1.807, 2.05) is 17.0 Å². The lowest BCUT2D eigenvalue weighted by Gasteiger charge is -2.30. The average molecular weight is 438 g/mol. The van der Waals surface area contributed by atoms with Crippen LogP contribution in [0.2, 0.25) is 0 Å². The second kappa shape index (κ2) is 9.60. The molecule has 3 rings (SSSR count). The van der Waals surface area contributed by atoms with Crippen LogP contribution >= 0.6 is 12.2 Å². The van der Waals surface area contributed by atoms with Gasteiger partial charge in [0.2, 0.25) is 0 Å². The van der Waals surface area contributed by atoms with Gasteiger partial charge in [0.05, 0.1) is 0 Å². The second-order valence-electron chi connectivity index (χ2n) is 9.29. The van der Waals surface area contributed by atoms with Crippen molar-refractivity contribution in [3.8, 4) is 0 Å². The maximum absolute atomic E-state index is 12.7. The first-order chi connectivity index (χ1) is 14.6. The summed E-state index contributed by atoms with van der Waals surface area (Å²) in [7, 11) is 0. The molecule has 0 saturated carbocycles. The number of benzene rings is 2. The maximum Gasteiger partial charge on any atom is 0.257 e. The van der Waals surface area contributed by atoms with Gasteiger partial charge in [-0.3, -0.25) is 14.9 Å². The van der Waals surface area contributed by atoms with Crippen molar-refractivity contribution >= 4 is 34.8 Å². The Morgan fingerprint density at radius 2 is 1.48 bits per heavy atom. The van der Waals surface area contributed by atoms with E-state index in [0.29, 0.717) is 17.0 Å². The Hall–Kier alpha value is -2.73. The average Bonchev–Trinajstić information content (AvgIpc) is 2.73. The first kappa shape index (κ1) is 22.9. The molecule has 6 heteroatoms. The first-order valence-corrected chi connectivity index (χ1v) is 11.2. The van der Waals surface area contributed by atoms with Crippen molar-refractivity contribution in [1.29, 1.82) is 0 Å². The maximum atomic E-state index is 12.7. The Morgan fingerprint density at radius 1 is 0.935 bits per heavy atom. The van der Waals surface area contributed by atoms with Crippen molar-refractivity contribution in [2.75, 3.05) is 18.4 Å². The number of nitrogens with zero attached hydrogens (tertiary/aromatic N) is 1. The van der Waals surface area contributed by atoms with Crippen molar-refractivity contribution in [2.45, 2.75) is 46.0 Å². The van der Waals surface area contributed by atoms with Crippen LogP contribution in [-0.4, -0.2) is 34.9 Å². The molecule has 1 fully saturated rings. The van der Waals surface area contributed by atoms with Gasteiger partial charge >= 0.3 is 0 Å². The molecule has 1 saturated heterocycles. The number of rotatable bonds is 3. The second-order valence-corrected chi connectivity index (χ2v) is 9.70. The molecule has 5 nitrogen and oxygen atoms in total. The largest absolute Gasteiger partial charge is 0.339 e. The molecule has 31 heavy (non-hydrogen) atoms. The highest BCUT2D eigenvalue weighted by atomic mass is 32.1. The zero-order valence-corrected chi connectivity index (χ0v) is 19.5. The first-order valence-electron chi connectivity index (χ1n) is 10.8. The molecule has 0 radical (unpaired) electrons. The number of carbonyl (C=O) groups excluding carboxylic acids is 2. The zero-order valence-electron chi connectivity index (χ0n) is 18.7. The predicted molar refractivity (Wildman–Crippen MR) is 130 cm³/mol. The van der Waals surface area contributed by atoms with Gasteiger partial charge in [-0.05, 0) is 78.4 Å². The van der Waals surface area contributed by atoms with E-state index in [-0.39, 0.29) is 22.3 Å². The Balaban J connectivity index is 1.54. The topological polar surface area (TPSA) is 61.4 Å². The molecule has 2 amide bonds. The van der Waals surface area contributed by atoms with Gasteiger partial charge in [0.25, 0.3) is 11.8 Å². The van der Waals surface area contributed by atoms with Gasteiger partial charge in [0, 0.05) is 29.9 Å². The quantitative estimate of drug-likeness (QED) is 0.665. The standard InChI is InChI=1S/C25H31N3O2S/c1-17-13-15-28(16-14-17)23(30)19-7-11-21(12-8-19)26-24(31)27-22(29)18-5-9-20(10-6-18)25(2,3)4/h5-12,17H,13-16H2,1-4H3,(H2,26,27,29,31). The lowest BCUT2D eigenvalue weighted by molar-refractivity contribution is 0.0697. The molecule has 1 heterocycles. The molecular weight excluding hydrogens is 406 g/mol. The number of thiocarbonyl (C=S) groups is 1. The van der Waals surface area contributed by atoms with Crippen molar-refractivity contribution < 1.29 is 9.59 Å². The van der Waals surface area contributed by atoms with E-state index in [9.17, 15) is 9.59 Å². The molecule has 2 N–H and O–H groups in total. The highest BCUT2D eigenvalue weighted by Gasteiger charge is 2.21. The number of hydrogen-bond acceptors (Lipinski definition) is 3. The summed E-state index contributed by atoms with van der Waals surface area (Å²) < 4.78 is 0. The van der Waals surface area contributed by atoms with Gasteiger partial charge in [-0.15, -0.1) is 0 Å². The van der Waals surface area contributed by atoms with Crippen LogP contribution in [0.4, 0.5) is 5.69 Å². The summed E-state index contributed by atoms with van der Waals surface area (Å²) in [4.78, 5) is 27.0. The van der Waals surface area contributed by atoms with Crippen LogP contribution in [0, 0.1) is 5.92 Å². The number of hydrogen-bond donors (Lipinski definition) is 2. The molecule has 0 atom stereocenters. The third-order valence-electron chi connectivity index (χ3n) is 5.70. The minimum Gasteiger partial charge on any atom is -0.339 e. The molecule has 2 aromatic rings.